The van der Waals surface area contributed by atoms with E-state index in [1.165, 1.54) is 22.3 Å². The lowest BCUT2D eigenvalue weighted by Gasteiger charge is -2.09. The number of ether oxygens (including phenoxy) is 1. The summed E-state index contributed by atoms with van der Waals surface area (Å²) < 4.78 is 5.10. The van der Waals surface area contributed by atoms with E-state index in [9.17, 15) is 4.79 Å². The Kier molecular flexibility index (Phi) is 3.66. The summed E-state index contributed by atoms with van der Waals surface area (Å²) >= 11 is 0. The summed E-state index contributed by atoms with van der Waals surface area (Å²) in [6, 6.07) is 14.6. The molecule has 0 unspecified atom stereocenters. The number of carbonyl (C=O) groups excluding carboxylic acids is 1. The lowest BCUT2D eigenvalue weighted by Crippen LogP contribution is -1.95. The predicted octanol–water partition coefficient (Wildman–Crippen LogP) is 3.67. The number of Topliss-reactive ketones (excluding diaryl/α,β-unsaturated/α-hetero) is 1. The Morgan fingerprint density at radius 2 is 1.75 bits per heavy atom. The van der Waals surface area contributed by atoms with Crippen LogP contribution < -0.4 is 0 Å². The highest BCUT2D eigenvalue weighted by molar-refractivity contribution is 6.02. The third kappa shape index (κ3) is 2.39. The van der Waals surface area contributed by atoms with Gasteiger partial charge in [-0.2, -0.15) is 0 Å². The van der Waals surface area contributed by atoms with E-state index in [1.54, 1.807) is 7.11 Å². The molecular weight excluding hydrogens is 248 g/mol. The molecule has 0 atom stereocenters. The van der Waals surface area contributed by atoms with Crippen molar-refractivity contribution in [1.29, 1.82) is 0 Å². The molecule has 0 aliphatic heterocycles. The number of hydrogen-bond acceptors (Lipinski definition) is 2. The highest BCUT2D eigenvalue weighted by Gasteiger charge is 2.21. The maximum absolute atomic E-state index is 11.8. The van der Waals surface area contributed by atoms with Gasteiger partial charge >= 0.3 is 0 Å². The zero-order chi connectivity index (χ0) is 13.9. The maximum atomic E-state index is 11.8. The molecule has 0 radical (unpaired) electrons. The minimum absolute atomic E-state index is 0.276. The minimum Gasteiger partial charge on any atom is -0.384 e. The van der Waals surface area contributed by atoms with Crippen molar-refractivity contribution < 1.29 is 9.53 Å². The zero-order valence-electron chi connectivity index (χ0n) is 11.7. The Balaban J connectivity index is 1.92. The molecule has 1 aliphatic rings. The predicted molar refractivity (Wildman–Crippen MR) is 80.1 cm³/mol. The van der Waals surface area contributed by atoms with E-state index in [0.717, 1.165) is 25.0 Å². The number of ketones is 1. The second-order valence-electron chi connectivity index (χ2n) is 5.19. The Bertz CT molecular complexity index is 626. The highest BCUT2D eigenvalue weighted by Crippen LogP contribution is 2.32. The summed E-state index contributed by atoms with van der Waals surface area (Å²) in [5.41, 5.74) is 5.79. The number of methoxy groups -OCH3 is 1. The molecule has 0 amide bonds. The van der Waals surface area contributed by atoms with Crippen molar-refractivity contribution in [3.05, 3.63) is 59.2 Å². The summed E-state index contributed by atoms with van der Waals surface area (Å²) in [5, 5.41) is 0. The fourth-order valence-corrected chi connectivity index (χ4v) is 2.83. The summed E-state index contributed by atoms with van der Waals surface area (Å²) in [5.74, 6) is 0.276. The summed E-state index contributed by atoms with van der Waals surface area (Å²) in [6.45, 7) is 0.745. The molecule has 2 heteroatoms. The normalized spacial score (nSPS) is 13.6. The molecule has 0 saturated carbocycles. The van der Waals surface area contributed by atoms with Crippen LogP contribution in [0, 0.1) is 0 Å². The van der Waals surface area contributed by atoms with Gasteiger partial charge in [-0.25, -0.2) is 0 Å². The fourth-order valence-electron chi connectivity index (χ4n) is 2.83. The first-order chi connectivity index (χ1) is 9.79. The number of carbonyl (C=O) groups is 1. The first-order valence-corrected chi connectivity index (χ1v) is 7.03. The molecule has 2 aromatic rings. The third-order valence-electron chi connectivity index (χ3n) is 3.94. The second kappa shape index (κ2) is 5.59. The average molecular weight is 266 g/mol. The van der Waals surface area contributed by atoms with Gasteiger partial charge in [0.25, 0.3) is 0 Å². The molecule has 3 rings (SSSR count). The summed E-state index contributed by atoms with van der Waals surface area (Å²) in [7, 11) is 1.72. The van der Waals surface area contributed by atoms with E-state index in [0.29, 0.717) is 6.42 Å². The number of hydrogen-bond donors (Lipinski definition) is 0. The molecule has 0 bridgehead atoms. The van der Waals surface area contributed by atoms with E-state index in [4.69, 9.17) is 4.74 Å². The molecule has 0 spiro atoms. The standard InChI is InChI=1S/C18H18O2/c1-20-12-11-13-5-7-14(8-6-13)15-3-2-4-17-16(15)9-10-18(17)19/h2-8H,9-12H2,1H3. The Morgan fingerprint density at radius 1 is 1.00 bits per heavy atom. The molecule has 0 aromatic heterocycles. The monoisotopic (exact) mass is 266 g/mol. The van der Waals surface area contributed by atoms with Crippen molar-refractivity contribution in [2.75, 3.05) is 13.7 Å². The van der Waals surface area contributed by atoms with Gasteiger partial charge in [0, 0.05) is 19.1 Å². The van der Waals surface area contributed by atoms with Crippen LogP contribution in [0.25, 0.3) is 11.1 Å². The fraction of sp³-hybridized carbons (Fsp3) is 0.278. The Labute approximate surface area is 119 Å². The van der Waals surface area contributed by atoms with Gasteiger partial charge in [-0.15, -0.1) is 0 Å². The number of benzene rings is 2. The molecule has 102 valence electrons. The van der Waals surface area contributed by atoms with Gasteiger partial charge in [-0.1, -0.05) is 42.5 Å². The van der Waals surface area contributed by atoms with Crippen LogP contribution in [0.5, 0.6) is 0 Å². The van der Waals surface area contributed by atoms with Gasteiger partial charge in [-0.05, 0) is 35.1 Å². The SMILES string of the molecule is COCCc1ccc(-c2cccc3c2CCC3=O)cc1. The van der Waals surface area contributed by atoms with Crippen LogP contribution in [0.4, 0.5) is 0 Å². The molecule has 1 aliphatic carbocycles. The van der Waals surface area contributed by atoms with Crippen molar-refractivity contribution in [1.82, 2.24) is 0 Å². The minimum atomic E-state index is 0.276. The molecule has 0 saturated heterocycles. The topological polar surface area (TPSA) is 26.3 Å². The van der Waals surface area contributed by atoms with E-state index in [2.05, 4.69) is 30.3 Å². The van der Waals surface area contributed by atoms with Crippen LogP contribution in [0.2, 0.25) is 0 Å². The maximum Gasteiger partial charge on any atom is 0.163 e. The number of rotatable bonds is 4. The van der Waals surface area contributed by atoms with Crippen LogP contribution in [0.1, 0.15) is 27.9 Å². The average Bonchev–Trinajstić information content (AvgIpc) is 2.87. The molecule has 0 fully saturated rings. The second-order valence-corrected chi connectivity index (χ2v) is 5.19. The van der Waals surface area contributed by atoms with Crippen LogP contribution in [-0.2, 0) is 17.6 Å². The third-order valence-corrected chi connectivity index (χ3v) is 3.94. The van der Waals surface area contributed by atoms with Crippen LogP contribution >= 0.6 is 0 Å². The molecule has 0 heterocycles. The first-order valence-electron chi connectivity index (χ1n) is 7.03. The van der Waals surface area contributed by atoms with Gasteiger partial charge in [-0.3, -0.25) is 4.79 Å². The van der Waals surface area contributed by atoms with E-state index < -0.39 is 0 Å². The Hall–Kier alpha value is -1.93. The van der Waals surface area contributed by atoms with Crippen molar-refractivity contribution in [2.45, 2.75) is 19.3 Å². The van der Waals surface area contributed by atoms with Gasteiger partial charge in [0.15, 0.2) is 5.78 Å². The molecule has 2 aromatic carbocycles. The van der Waals surface area contributed by atoms with Gasteiger partial charge in [0.2, 0.25) is 0 Å². The van der Waals surface area contributed by atoms with Crippen molar-refractivity contribution >= 4 is 5.78 Å². The molecule has 20 heavy (non-hydrogen) atoms. The summed E-state index contributed by atoms with van der Waals surface area (Å²) in [6.07, 6.45) is 2.45. The first kappa shape index (κ1) is 13.1. The van der Waals surface area contributed by atoms with Crippen molar-refractivity contribution in [3.63, 3.8) is 0 Å². The largest absolute Gasteiger partial charge is 0.384 e. The smallest absolute Gasteiger partial charge is 0.163 e. The quantitative estimate of drug-likeness (QED) is 0.844. The van der Waals surface area contributed by atoms with Crippen LogP contribution in [0.3, 0.4) is 0 Å². The molecule has 2 nitrogen and oxygen atoms in total. The van der Waals surface area contributed by atoms with Crippen molar-refractivity contribution in [2.24, 2.45) is 0 Å². The molecular formula is C18H18O2. The Morgan fingerprint density at radius 3 is 2.50 bits per heavy atom. The van der Waals surface area contributed by atoms with Gasteiger partial charge < -0.3 is 4.74 Å². The lowest BCUT2D eigenvalue weighted by molar-refractivity contribution is 0.0994. The van der Waals surface area contributed by atoms with Gasteiger partial charge in [0.05, 0.1) is 6.61 Å². The van der Waals surface area contributed by atoms with Gasteiger partial charge in [0.1, 0.15) is 0 Å². The number of fused-ring (bicyclic) bond motifs is 1. The van der Waals surface area contributed by atoms with E-state index in [1.807, 2.05) is 12.1 Å². The molecule has 0 N–H and O–H groups in total. The van der Waals surface area contributed by atoms with Crippen molar-refractivity contribution in [3.8, 4) is 11.1 Å². The zero-order valence-corrected chi connectivity index (χ0v) is 11.7. The summed E-state index contributed by atoms with van der Waals surface area (Å²) in [4.78, 5) is 11.8. The van der Waals surface area contributed by atoms with Crippen LogP contribution in [-0.4, -0.2) is 19.5 Å². The van der Waals surface area contributed by atoms with E-state index in [-0.39, 0.29) is 5.78 Å². The lowest BCUT2D eigenvalue weighted by atomic mass is 9.96. The van der Waals surface area contributed by atoms with Crippen LogP contribution in [0.15, 0.2) is 42.5 Å². The van der Waals surface area contributed by atoms with E-state index >= 15 is 0 Å². The highest BCUT2D eigenvalue weighted by atomic mass is 16.5.